The molecule has 4 nitrogen and oxygen atoms in total. The number of anilines is 1. The third-order valence-corrected chi connectivity index (χ3v) is 4.35. The zero-order valence-electron chi connectivity index (χ0n) is 11.4. The first-order chi connectivity index (χ1) is 10.3. The van der Waals surface area contributed by atoms with Crippen molar-refractivity contribution in [3.05, 3.63) is 60.9 Å². The number of hydrogen-bond donors (Lipinski definition) is 1. The lowest BCUT2D eigenvalue weighted by atomic mass is 10.1. The van der Waals surface area contributed by atoms with Gasteiger partial charge < -0.3 is 9.46 Å². The van der Waals surface area contributed by atoms with Crippen molar-refractivity contribution in [1.29, 1.82) is 0 Å². The van der Waals surface area contributed by atoms with Gasteiger partial charge in [0.25, 0.3) is 0 Å². The Kier molecular flexibility index (Phi) is 3.83. The molecule has 1 atom stereocenters. The van der Waals surface area contributed by atoms with E-state index in [0.29, 0.717) is 10.6 Å². The second-order valence-electron chi connectivity index (χ2n) is 4.42. The van der Waals surface area contributed by atoms with E-state index < -0.39 is 11.0 Å². The summed E-state index contributed by atoms with van der Waals surface area (Å²) in [7, 11) is 0.157. The maximum atomic E-state index is 12.7. The Balaban J connectivity index is 2.07. The maximum Gasteiger partial charge on any atom is 0.154 e. The Morgan fingerprint density at radius 1 is 1.05 bits per heavy atom. The van der Waals surface area contributed by atoms with Gasteiger partial charge >= 0.3 is 0 Å². The van der Waals surface area contributed by atoms with Crippen LogP contribution < -0.4 is 9.46 Å². The van der Waals surface area contributed by atoms with E-state index in [1.165, 1.54) is 0 Å². The van der Waals surface area contributed by atoms with Gasteiger partial charge in [0.15, 0.2) is 11.0 Å². The molecule has 0 fully saturated rings. The molecule has 0 aliphatic carbocycles. The summed E-state index contributed by atoms with van der Waals surface area (Å²) in [5.74, 6) is 0.605. The Morgan fingerprint density at radius 3 is 2.57 bits per heavy atom. The highest BCUT2D eigenvalue weighted by molar-refractivity contribution is 7.86. The van der Waals surface area contributed by atoms with Crippen molar-refractivity contribution in [2.45, 2.75) is 4.90 Å². The zero-order chi connectivity index (χ0) is 14.7. The molecule has 1 N–H and O–H groups in total. The monoisotopic (exact) mass is 298 g/mol. The number of rotatable bonds is 4. The number of benzene rings is 2. The van der Waals surface area contributed by atoms with E-state index in [1.807, 2.05) is 36.4 Å². The van der Waals surface area contributed by atoms with Gasteiger partial charge in [0, 0.05) is 23.5 Å². The first kappa shape index (κ1) is 13.6. The molecule has 0 aliphatic rings. The second-order valence-corrected chi connectivity index (χ2v) is 5.57. The van der Waals surface area contributed by atoms with Crippen molar-refractivity contribution in [3.63, 3.8) is 0 Å². The van der Waals surface area contributed by atoms with E-state index >= 15 is 0 Å². The van der Waals surface area contributed by atoms with E-state index in [9.17, 15) is 4.21 Å². The van der Waals surface area contributed by atoms with Gasteiger partial charge in [-0.25, -0.2) is 4.21 Å². The fourth-order valence-electron chi connectivity index (χ4n) is 2.15. The molecule has 0 unspecified atom stereocenters. The molecular formula is C16H14N2O2S. The fraction of sp³-hybridized carbons (Fsp3) is 0.0625. The number of nitrogens with one attached hydrogen (secondary N) is 1. The van der Waals surface area contributed by atoms with Crippen molar-refractivity contribution in [2.75, 3.05) is 11.8 Å². The van der Waals surface area contributed by atoms with Crippen LogP contribution in [0.25, 0.3) is 10.8 Å². The zero-order valence-corrected chi connectivity index (χ0v) is 12.3. The molecule has 1 aromatic heterocycles. The maximum absolute atomic E-state index is 12.7. The molecule has 2 aromatic carbocycles. The van der Waals surface area contributed by atoms with Crippen LogP contribution in [0.5, 0.6) is 5.75 Å². The van der Waals surface area contributed by atoms with Gasteiger partial charge in [0.1, 0.15) is 10.6 Å². The number of ether oxygens (including phenoxy) is 1. The molecule has 3 rings (SSSR count). The Bertz CT molecular complexity index is 791. The molecule has 0 aliphatic heterocycles. The fourth-order valence-corrected chi connectivity index (χ4v) is 3.32. The Labute approximate surface area is 125 Å². The summed E-state index contributed by atoms with van der Waals surface area (Å²) in [5, 5.41) is 1.94. The van der Waals surface area contributed by atoms with Crippen molar-refractivity contribution in [3.8, 4) is 5.75 Å². The van der Waals surface area contributed by atoms with Crippen molar-refractivity contribution < 1.29 is 8.95 Å². The normalized spacial score (nSPS) is 12.0. The predicted molar refractivity (Wildman–Crippen MR) is 84.8 cm³/mol. The summed E-state index contributed by atoms with van der Waals surface area (Å²) in [6.07, 6.45) is 3.31. The highest BCUT2D eigenvalue weighted by Crippen LogP contribution is 2.31. The topological polar surface area (TPSA) is 51.2 Å². The van der Waals surface area contributed by atoms with Gasteiger partial charge in [-0.05, 0) is 23.6 Å². The van der Waals surface area contributed by atoms with E-state index in [4.69, 9.17) is 4.74 Å². The van der Waals surface area contributed by atoms with E-state index in [-0.39, 0.29) is 0 Å². The molecule has 0 radical (unpaired) electrons. The minimum absolute atomic E-state index is 0.605. The summed E-state index contributed by atoms with van der Waals surface area (Å²) in [6.45, 7) is 0. The summed E-state index contributed by atoms with van der Waals surface area (Å²) in [6, 6.07) is 15.2. The van der Waals surface area contributed by atoms with Crippen LogP contribution in [-0.4, -0.2) is 16.3 Å². The molecule has 21 heavy (non-hydrogen) atoms. The first-order valence-corrected chi connectivity index (χ1v) is 7.59. The lowest BCUT2D eigenvalue weighted by Crippen LogP contribution is -2.07. The van der Waals surface area contributed by atoms with Crippen LogP contribution in [0.15, 0.2) is 65.8 Å². The second kappa shape index (κ2) is 5.93. The number of hydrogen-bond acceptors (Lipinski definition) is 3. The average Bonchev–Trinajstić information content (AvgIpc) is 2.54. The summed E-state index contributed by atoms with van der Waals surface area (Å²) in [5.41, 5.74) is 0.748. The minimum atomic E-state index is -1.42. The number of aromatic nitrogens is 1. The Hall–Kier alpha value is -2.40. The summed E-state index contributed by atoms with van der Waals surface area (Å²) < 4.78 is 21.1. The molecule has 0 saturated heterocycles. The third-order valence-electron chi connectivity index (χ3n) is 3.14. The SMILES string of the molecule is COc1ccc2ccccc2c1[S@](=O)Nc1ccncc1. The molecule has 106 valence electrons. The van der Waals surface area contributed by atoms with Crippen LogP contribution in [0.1, 0.15) is 0 Å². The van der Waals surface area contributed by atoms with Crippen LogP contribution in [0, 0.1) is 0 Å². The van der Waals surface area contributed by atoms with Gasteiger partial charge in [-0.15, -0.1) is 0 Å². The highest BCUT2D eigenvalue weighted by Gasteiger charge is 2.15. The molecule has 0 spiro atoms. The van der Waals surface area contributed by atoms with Crippen LogP contribution >= 0.6 is 0 Å². The molecule has 0 amide bonds. The van der Waals surface area contributed by atoms with Gasteiger partial charge in [0.2, 0.25) is 0 Å². The number of fused-ring (bicyclic) bond motifs is 1. The summed E-state index contributed by atoms with van der Waals surface area (Å²) >= 11 is 0. The molecule has 0 saturated carbocycles. The average molecular weight is 298 g/mol. The van der Waals surface area contributed by atoms with Gasteiger partial charge in [0.05, 0.1) is 7.11 Å². The highest BCUT2D eigenvalue weighted by atomic mass is 32.2. The number of nitrogens with zero attached hydrogens (tertiary/aromatic N) is 1. The van der Waals surface area contributed by atoms with Crippen molar-refractivity contribution >= 4 is 27.4 Å². The molecule has 3 aromatic rings. The van der Waals surface area contributed by atoms with E-state index in [0.717, 1.165) is 16.5 Å². The predicted octanol–water partition coefficient (Wildman–Crippen LogP) is 3.38. The quantitative estimate of drug-likeness (QED) is 0.803. The molecule has 5 heteroatoms. The van der Waals surface area contributed by atoms with Crippen LogP contribution in [0.3, 0.4) is 0 Å². The van der Waals surface area contributed by atoms with Crippen molar-refractivity contribution in [1.82, 2.24) is 4.98 Å². The van der Waals surface area contributed by atoms with Gasteiger partial charge in [-0.2, -0.15) is 0 Å². The van der Waals surface area contributed by atoms with Gasteiger partial charge in [-0.3, -0.25) is 4.98 Å². The van der Waals surface area contributed by atoms with Crippen molar-refractivity contribution in [2.24, 2.45) is 0 Å². The lowest BCUT2D eigenvalue weighted by molar-refractivity contribution is 0.405. The molecule has 0 bridgehead atoms. The lowest BCUT2D eigenvalue weighted by Gasteiger charge is -2.12. The van der Waals surface area contributed by atoms with E-state index in [1.54, 1.807) is 31.6 Å². The third kappa shape index (κ3) is 2.73. The van der Waals surface area contributed by atoms with Crippen LogP contribution in [0.4, 0.5) is 5.69 Å². The minimum Gasteiger partial charge on any atom is -0.495 e. The van der Waals surface area contributed by atoms with Crippen LogP contribution in [0.2, 0.25) is 0 Å². The molecule has 1 heterocycles. The van der Waals surface area contributed by atoms with Gasteiger partial charge in [-0.1, -0.05) is 30.3 Å². The standard InChI is InChI=1S/C16H14N2O2S/c1-20-15-7-6-12-4-2-3-5-14(12)16(15)21(19)18-13-8-10-17-11-9-13/h2-11H,1H3,(H,17,18)/t21-/m0/s1. The largest absolute Gasteiger partial charge is 0.495 e. The number of pyridine rings is 1. The summed E-state index contributed by atoms with van der Waals surface area (Å²) in [4.78, 5) is 4.59. The first-order valence-electron chi connectivity index (χ1n) is 6.44. The Morgan fingerprint density at radius 2 is 1.81 bits per heavy atom. The number of methoxy groups -OCH3 is 1. The van der Waals surface area contributed by atoms with Crippen LogP contribution in [-0.2, 0) is 11.0 Å². The van der Waals surface area contributed by atoms with E-state index in [2.05, 4.69) is 9.71 Å². The smallest absolute Gasteiger partial charge is 0.154 e. The molecular weight excluding hydrogens is 284 g/mol.